The monoisotopic (exact) mass is 606 g/mol. The summed E-state index contributed by atoms with van der Waals surface area (Å²) in [5.74, 6) is -2.38. The summed E-state index contributed by atoms with van der Waals surface area (Å²) in [5.41, 5.74) is 2.95. The van der Waals surface area contributed by atoms with E-state index in [2.05, 4.69) is 19.7 Å². The fourth-order valence-electron chi connectivity index (χ4n) is 4.11. The van der Waals surface area contributed by atoms with Crippen molar-refractivity contribution in [3.05, 3.63) is 134 Å². The van der Waals surface area contributed by atoms with Crippen molar-refractivity contribution in [1.82, 2.24) is 0 Å². The summed E-state index contributed by atoms with van der Waals surface area (Å²) in [6, 6.07) is 22.5. The zero-order valence-electron chi connectivity index (χ0n) is 24.0. The molecule has 226 valence electrons. The van der Waals surface area contributed by atoms with Gasteiger partial charge < -0.3 is 18.9 Å². The van der Waals surface area contributed by atoms with Crippen molar-refractivity contribution in [1.29, 1.82) is 0 Å². The van der Waals surface area contributed by atoms with E-state index in [1.807, 2.05) is 0 Å². The number of carbonyl (C=O) groups is 4. The van der Waals surface area contributed by atoms with Crippen LogP contribution in [-0.4, -0.2) is 23.9 Å². The average Bonchev–Trinajstić information content (AvgIpc) is 3.05. The lowest BCUT2D eigenvalue weighted by molar-refractivity contribution is -0.134. The molecule has 4 aromatic carbocycles. The predicted octanol–water partition coefficient (Wildman–Crippen LogP) is 6.97. The average molecular weight is 607 g/mol. The van der Waals surface area contributed by atoms with Crippen LogP contribution in [0.1, 0.15) is 12.0 Å². The van der Waals surface area contributed by atoms with Gasteiger partial charge in [-0.05, 0) is 71.1 Å². The van der Waals surface area contributed by atoms with Crippen LogP contribution in [0.15, 0.2) is 123 Å². The minimum Gasteiger partial charge on any atom is -0.427 e. The van der Waals surface area contributed by atoms with E-state index in [0.717, 1.165) is 23.8 Å². The van der Waals surface area contributed by atoms with E-state index in [-0.39, 0.29) is 30.1 Å². The summed E-state index contributed by atoms with van der Waals surface area (Å²) < 4.78 is 35.8. The molecule has 0 fully saturated rings. The van der Waals surface area contributed by atoms with Crippen molar-refractivity contribution >= 4 is 23.9 Å². The summed E-state index contributed by atoms with van der Waals surface area (Å²) >= 11 is 0. The molecule has 45 heavy (non-hydrogen) atoms. The van der Waals surface area contributed by atoms with Gasteiger partial charge in [0.1, 0.15) is 17.3 Å². The minimum atomic E-state index is -0.748. The number of halogens is 1. The lowest BCUT2D eigenvalue weighted by atomic mass is 9.99. The molecule has 0 spiro atoms. The van der Waals surface area contributed by atoms with Gasteiger partial charge in [-0.3, -0.25) is 4.79 Å². The standard InChI is InChI=1S/C36H27FO8/c1-4-33(38)42-27-14-9-24(10-15-27)26-13-18-29(30(37)22-26)25-11-16-28(17-12-25)43-36(41)20-8-23-7-19-31(44-34(39)5-2)32(21-23)45-35(40)6-3/h4-7,9-19,21-22H,1-3,8,20H2. The number of hydrogen-bond donors (Lipinski definition) is 0. The first-order valence-electron chi connectivity index (χ1n) is 13.6. The maximum atomic E-state index is 15.1. The van der Waals surface area contributed by atoms with E-state index in [1.54, 1.807) is 66.7 Å². The second-order valence-electron chi connectivity index (χ2n) is 9.37. The van der Waals surface area contributed by atoms with Crippen LogP contribution in [0, 0.1) is 5.82 Å². The summed E-state index contributed by atoms with van der Waals surface area (Å²) in [5, 5.41) is 0. The maximum absolute atomic E-state index is 15.1. The quantitative estimate of drug-likeness (QED) is 0.0967. The Morgan fingerprint density at radius 3 is 1.71 bits per heavy atom. The lowest BCUT2D eigenvalue weighted by Gasteiger charge is -2.11. The number of benzene rings is 4. The number of hydrogen-bond acceptors (Lipinski definition) is 8. The van der Waals surface area contributed by atoms with Crippen molar-refractivity contribution in [2.45, 2.75) is 12.8 Å². The summed E-state index contributed by atoms with van der Waals surface area (Å²) in [4.78, 5) is 47.2. The fourth-order valence-corrected chi connectivity index (χ4v) is 4.11. The molecule has 0 radical (unpaired) electrons. The van der Waals surface area contributed by atoms with Crippen LogP contribution >= 0.6 is 0 Å². The Hall–Kier alpha value is -6.09. The van der Waals surface area contributed by atoms with Gasteiger partial charge in [0.2, 0.25) is 0 Å². The van der Waals surface area contributed by atoms with E-state index in [1.165, 1.54) is 18.2 Å². The highest BCUT2D eigenvalue weighted by Crippen LogP contribution is 2.31. The number of rotatable bonds is 12. The molecule has 0 aliphatic heterocycles. The lowest BCUT2D eigenvalue weighted by Crippen LogP contribution is -2.10. The second-order valence-corrected chi connectivity index (χ2v) is 9.37. The van der Waals surface area contributed by atoms with E-state index >= 15 is 4.39 Å². The molecule has 0 aliphatic carbocycles. The normalized spacial score (nSPS) is 10.2. The van der Waals surface area contributed by atoms with Gasteiger partial charge in [-0.25, -0.2) is 18.8 Å². The Labute approximate surface area is 258 Å². The topological polar surface area (TPSA) is 105 Å². The molecule has 8 nitrogen and oxygen atoms in total. The molecule has 9 heteroatoms. The van der Waals surface area contributed by atoms with Crippen LogP contribution in [0.5, 0.6) is 23.0 Å². The van der Waals surface area contributed by atoms with Gasteiger partial charge in [0, 0.05) is 30.2 Å². The molecule has 0 amide bonds. The first kappa shape index (κ1) is 31.8. The van der Waals surface area contributed by atoms with Gasteiger partial charge in [-0.1, -0.05) is 62.2 Å². The van der Waals surface area contributed by atoms with Crippen molar-refractivity contribution in [3.63, 3.8) is 0 Å². The molecular weight excluding hydrogens is 579 g/mol. The van der Waals surface area contributed by atoms with Crippen LogP contribution in [0.25, 0.3) is 22.3 Å². The molecule has 4 rings (SSSR count). The Kier molecular flexibility index (Phi) is 10.5. The van der Waals surface area contributed by atoms with Crippen LogP contribution in [-0.2, 0) is 25.6 Å². The summed E-state index contributed by atoms with van der Waals surface area (Å²) in [6.45, 7) is 10.0. The molecule has 0 N–H and O–H groups in total. The summed E-state index contributed by atoms with van der Waals surface area (Å²) in [6.07, 6.45) is 3.24. The first-order valence-corrected chi connectivity index (χ1v) is 13.6. The van der Waals surface area contributed by atoms with Crippen molar-refractivity contribution in [3.8, 4) is 45.3 Å². The van der Waals surface area contributed by atoms with E-state index in [4.69, 9.17) is 18.9 Å². The molecule has 0 atom stereocenters. The third-order valence-electron chi connectivity index (χ3n) is 6.32. The van der Waals surface area contributed by atoms with Crippen molar-refractivity contribution in [2.24, 2.45) is 0 Å². The number of carbonyl (C=O) groups excluding carboxylic acids is 4. The van der Waals surface area contributed by atoms with Crippen LogP contribution in [0.2, 0.25) is 0 Å². The van der Waals surface area contributed by atoms with Gasteiger partial charge in [-0.15, -0.1) is 0 Å². The Morgan fingerprint density at radius 2 is 1.11 bits per heavy atom. The fraction of sp³-hybridized carbons (Fsp3) is 0.0556. The molecule has 0 saturated carbocycles. The molecule has 4 aromatic rings. The molecule has 0 heterocycles. The molecule has 0 bridgehead atoms. The number of esters is 4. The second kappa shape index (κ2) is 14.9. The van der Waals surface area contributed by atoms with Gasteiger partial charge in [0.25, 0.3) is 0 Å². The molecular formula is C36H27FO8. The Balaban J connectivity index is 1.37. The van der Waals surface area contributed by atoms with Crippen molar-refractivity contribution in [2.75, 3.05) is 0 Å². The predicted molar refractivity (Wildman–Crippen MR) is 165 cm³/mol. The Morgan fingerprint density at radius 1 is 0.578 bits per heavy atom. The molecule has 0 unspecified atom stereocenters. The highest BCUT2D eigenvalue weighted by Gasteiger charge is 2.14. The molecule has 0 aromatic heterocycles. The zero-order valence-corrected chi connectivity index (χ0v) is 24.0. The smallest absolute Gasteiger partial charge is 0.335 e. The van der Waals surface area contributed by atoms with E-state index in [9.17, 15) is 19.2 Å². The highest BCUT2D eigenvalue weighted by molar-refractivity contribution is 5.86. The molecule has 0 aliphatic rings. The number of ether oxygens (including phenoxy) is 4. The van der Waals surface area contributed by atoms with Crippen LogP contribution in [0.4, 0.5) is 4.39 Å². The summed E-state index contributed by atoms with van der Waals surface area (Å²) in [7, 11) is 0. The van der Waals surface area contributed by atoms with Gasteiger partial charge >= 0.3 is 23.9 Å². The largest absolute Gasteiger partial charge is 0.427 e. The Bertz CT molecular complexity index is 1770. The highest BCUT2D eigenvalue weighted by atomic mass is 19.1. The van der Waals surface area contributed by atoms with Gasteiger partial charge in [0.05, 0.1) is 0 Å². The SMILES string of the molecule is C=CC(=O)Oc1ccc(-c2ccc(-c3ccc(OC(=O)CCc4ccc(OC(=O)C=C)c(OC(=O)C=C)c4)cc3)c(F)c2)cc1. The third-order valence-corrected chi connectivity index (χ3v) is 6.32. The van der Waals surface area contributed by atoms with Crippen LogP contribution in [0.3, 0.4) is 0 Å². The number of aryl methyl sites for hydroxylation is 1. The van der Waals surface area contributed by atoms with Crippen LogP contribution < -0.4 is 18.9 Å². The van der Waals surface area contributed by atoms with E-state index < -0.39 is 29.7 Å². The van der Waals surface area contributed by atoms with Crippen molar-refractivity contribution < 1.29 is 42.5 Å². The molecule has 0 saturated heterocycles. The first-order chi connectivity index (χ1) is 21.7. The maximum Gasteiger partial charge on any atom is 0.335 e. The third kappa shape index (κ3) is 8.71. The van der Waals surface area contributed by atoms with E-state index in [0.29, 0.717) is 28.0 Å². The van der Waals surface area contributed by atoms with Gasteiger partial charge in [-0.2, -0.15) is 0 Å². The minimum absolute atomic E-state index is 0.00382. The zero-order chi connectivity index (χ0) is 32.3. The van der Waals surface area contributed by atoms with Gasteiger partial charge in [0.15, 0.2) is 11.5 Å².